The van der Waals surface area contributed by atoms with Gasteiger partial charge in [0.05, 0.1) is 17.6 Å². The van der Waals surface area contributed by atoms with Gasteiger partial charge in [0, 0.05) is 10.6 Å². The first kappa shape index (κ1) is 17.8. The van der Waals surface area contributed by atoms with Crippen molar-refractivity contribution >= 4 is 27.2 Å². The van der Waals surface area contributed by atoms with Crippen molar-refractivity contribution in [3.8, 4) is 11.6 Å². The Morgan fingerprint density at radius 2 is 2.13 bits per heavy atom. The summed E-state index contributed by atoms with van der Waals surface area (Å²) in [5.41, 5.74) is 4.40. The average molecular weight is 419 g/mol. The van der Waals surface area contributed by atoms with Gasteiger partial charge < -0.3 is 4.42 Å². The van der Waals surface area contributed by atoms with E-state index >= 15 is 0 Å². The molecule has 0 aliphatic heterocycles. The molecule has 1 aliphatic rings. The molecule has 152 valence electrons. The molecule has 0 saturated carbocycles. The highest BCUT2D eigenvalue weighted by molar-refractivity contribution is 7.19. The standard InChI is InChI=1S/C22H22N6OS/c1-12-4-6-16-18(8-12)30-22-19(16)21-24-20(26-28(21)11-23-22)17-7-5-15(29-17)10-27-14(3)9-13(2)25-27/h5,7,9,11-12H,4,6,8,10H2,1-3H3/t12-/m1/s1. The topological polar surface area (TPSA) is 74.0 Å². The molecule has 0 N–H and O–H groups in total. The molecule has 0 unspecified atom stereocenters. The molecule has 0 bridgehead atoms. The van der Waals surface area contributed by atoms with E-state index in [0.29, 0.717) is 18.1 Å². The van der Waals surface area contributed by atoms with Crippen molar-refractivity contribution in [2.24, 2.45) is 5.92 Å². The number of aryl methyl sites for hydroxylation is 3. The molecule has 0 spiro atoms. The third kappa shape index (κ3) is 2.78. The van der Waals surface area contributed by atoms with Crippen LogP contribution in [0.5, 0.6) is 0 Å². The van der Waals surface area contributed by atoms with Crippen LogP contribution in [0.25, 0.3) is 27.4 Å². The lowest BCUT2D eigenvalue weighted by atomic mass is 9.89. The van der Waals surface area contributed by atoms with E-state index in [4.69, 9.17) is 9.40 Å². The molecule has 5 heterocycles. The van der Waals surface area contributed by atoms with Crippen molar-refractivity contribution < 1.29 is 4.42 Å². The molecule has 30 heavy (non-hydrogen) atoms. The predicted octanol–water partition coefficient (Wildman–Crippen LogP) is 4.59. The molecule has 0 aromatic carbocycles. The van der Waals surface area contributed by atoms with Crippen molar-refractivity contribution in [2.75, 3.05) is 0 Å². The first-order valence-electron chi connectivity index (χ1n) is 10.3. The Bertz CT molecular complexity index is 1400. The summed E-state index contributed by atoms with van der Waals surface area (Å²) < 4.78 is 9.80. The molecule has 5 aromatic rings. The Hall–Kier alpha value is -3.00. The van der Waals surface area contributed by atoms with E-state index in [-0.39, 0.29) is 0 Å². The fourth-order valence-electron chi connectivity index (χ4n) is 4.41. The van der Waals surface area contributed by atoms with Gasteiger partial charge in [-0.25, -0.2) is 14.5 Å². The van der Waals surface area contributed by atoms with Crippen LogP contribution in [0.4, 0.5) is 0 Å². The number of aromatic nitrogens is 6. The maximum absolute atomic E-state index is 6.07. The summed E-state index contributed by atoms with van der Waals surface area (Å²) in [6.07, 6.45) is 5.21. The summed E-state index contributed by atoms with van der Waals surface area (Å²) in [7, 11) is 0. The quantitative estimate of drug-likeness (QED) is 0.429. The molecular formula is C22H22N6OS. The zero-order valence-electron chi connectivity index (χ0n) is 17.2. The SMILES string of the molecule is Cc1cc(C)n(Cc2ccc(-c3nc4c5c6c(sc5ncn4n3)C[C@H](C)CC6)o2)n1. The van der Waals surface area contributed by atoms with Crippen LogP contribution in [0.1, 0.15) is 40.9 Å². The van der Waals surface area contributed by atoms with E-state index in [2.05, 4.69) is 28.2 Å². The average Bonchev–Trinajstić information content (AvgIpc) is 3.46. The third-order valence-electron chi connectivity index (χ3n) is 5.92. The van der Waals surface area contributed by atoms with Crippen molar-refractivity contribution in [3.63, 3.8) is 0 Å². The van der Waals surface area contributed by atoms with Crippen LogP contribution < -0.4 is 0 Å². The van der Waals surface area contributed by atoms with E-state index in [9.17, 15) is 0 Å². The van der Waals surface area contributed by atoms with Crippen molar-refractivity contribution in [1.82, 2.24) is 29.4 Å². The maximum atomic E-state index is 6.07. The minimum atomic E-state index is 0.591. The van der Waals surface area contributed by atoms with Crippen LogP contribution >= 0.6 is 11.3 Å². The van der Waals surface area contributed by atoms with Crippen LogP contribution in [0.2, 0.25) is 0 Å². The smallest absolute Gasteiger partial charge is 0.217 e. The number of rotatable bonds is 3. The fraction of sp³-hybridized carbons (Fsp3) is 0.364. The highest BCUT2D eigenvalue weighted by Crippen LogP contribution is 2.38. The Morgan fingerprint density at radius 3 is 2.97 bits per heavy atom. The predicted molar refractivity (Wildman–Crippen MR) is 116 cm³/mol. The van der Waals surface area contributed by atoms with Gasteiger partial charge >= 0.3 is 0 Å². The first-order valence-corrected chi connectivity index (χ1v) is 11.1. The van der Waals surface area contributed by atoms with Gasteiger partial charge in [0.25, 0.3) is 0 Å². The summed E-state index contributed by atoms with van der Waals surface area (Å²) in [4.78, 5) is 12.0. The second-order valence-electron chi connectivity index (χ2n) is 8.33. The Kier molecular flexibility index (Phi) is 3.86. The molecule has 1 atom stereocenters. The highest BCUT2D eigenvalue weighted by Gasteiger charge is 2.24. The van der Waals surface area contributed by atoms with Gasteiger partial charge in [0.1, 0.15) is 16.9 Å². The van der Waals surface area contributed by atoms with Crippen LogP contribution in [-0.2, 0) is 19.4 Å². The van der Waals surface area contributed by atoms with E-state index < -0.39 is 0 Å². The van der Waals surface area contributed by atoms with Crippen molar-refractivity contribution in [2.45, 2.75) is 46.6 Å². The van der Waals surface area contributed by atoms with Gasteiger partial charge in [-0.1, -0.05) is 6.92 Å². The number of hydrogen-bond donors (Lipinski definition) is 0. The second-order valence-corrected chi connectivity index (χ2v) is 9.41. The van der Waals surface area contributed by atoms with Crippen molar-refractivity contribution in [1.29, 1.82) is 0 Å². The molecule has 0 amide bonds. The summed E-state index contributed by atoms with van der Waals surface area (Å²) in [5, 5.41) is 10.3. The number of hydrogen-bond acceptors (Lipinski definition) is 6. The van der Waals surface area contributed by atoms with E-state index in [1.807, 2.05) is 30.7 Å². The van der Waals surface area contributed by atoms with E-state index in [0.717, 1.165) is 51.8 Å². The van der Waals surface area contributed by atoms with Crippen LogP contribution in [0.3, 0.4) is 0 Å². The molecule has 8 heteroatoms. The summed E-state index contributed by atoms with van der Waals surface area (Å²) >= 11 is 1.81. The van der Waals surface area contributed by atoms with Crippen LogP contribution in [0.15, 0.2) is 28.9 Å². The molecule has 0 fully saturated rings. The summed E-state index contributed by atoms with van der Waals surface area (Å²) in [6, 6.07) is 5.97. The van der Waals surface area contributed by atoms with Gasteiger partial charge in [-0.15, -0.1) is 16.4 Å². The van der Waals surface area contributed by atoms with Gasteiger partial charge in [0.2, 0.25) is 5.82 Å². The third-order valence-corrected chi connectivity index (χ3v) is 7.09. The van der Waals surface area contributed by atoms with Gasteiger partial charge in [-0.2, -0.15) is 5.10 Å². The normalized spacial score (nSPS) is 16.6. The number of thiophene rings is 1. The van der Waals surface area contributed by atoms with Crippen LogP contribution in [0, 0.1) is 19.8 Å². The molecule has 7 nitrogen and oxygen atoms in total. The first-order chi connectivity index (χ1) is 14.5. The Morgan fingerprint density at radius 1 is 1.23 bits per heavy atom. The lowest BCUT2D eigenvalue weighted by Crippen LogP contribution is -2.08. The molecule has 0 saturated heterocycles. The largest absolute Gasteiger partial charge is 0.456 e. The Balaban J connectivity index is 1.40. The monoisotopic (exact) mass is 418 g/mol. The van der Waals surface area contributed by atoms with Crippen molar-refractivity contribution in [3.05, 3.63) is 52.1 Å². The molecule has 0 radical (unpaired) electrons. The zero-order valence-corrected chi connectivity index (χ0v) is 18.0. The van der Waals surface area contributed by atoms with Gasteiger partial charge in [-0.3, -0.25) is 4.68 Å². The minimum Gasteiger partial charge on any atom is -0.456 e. The van der Waals surface area contributed by atoms with E-state index in [1.165, 1.54) is 16.9 Å². The van der Waals surface area contributed by atoms with Crippen LogP contribution in [-0.4, -0.2) is 29.4 Å². The number of furan rings is 1. The highest BCUT2D eigenvalue weighted by atomic mass is 32.1. The fourth-order valence-corrected chi connectivity index (χ4v) is 5.75. The molecule has 1 aliphatic carbocycles. The number of fused-ring (bicyclic) bond motifs is 5. The zero-order chi connectivity index (χ0) is 20.4. The summed E-state index contributed by atoms with van der Waals surface area (Å²) in [5.74, 6) is 2.83. The van der Waals surface area contributed by atoms with E-state index in [1.54, 1.807) is 22.2 Å². The molecule has 5 aromatic heterocycles. The maximum Gasteiger partial charge on any atom is 0.217 e. The number of nitrogens with zero attached hydrogens (tertiary/aromatic N) is 6. The second kappa shape index (κ2) is 6.50. The van der Waals surface area contributed by atoms with Gasteiger partial charge in [-0.05, 0) is 62.8 Å². The lowest BCUT2D eigenvalue weighted by molar-refractivity contribution is 0.483. The molecule has 6 rings (SSSR count). The lowest BCUT2D eigenvalue weighted by Gasteiger charge is -2.17. The Labute approximate surface area is 177 Å². The molecular weight excluding hydrogens is 396 g/mol. The van der Waals surface area contributed by atoms with Gasteiger partial charge in [0.15, 0.2) is 11.4 Å². The minimum absolute atomic E-state index is 0.591. The summed E-state index contributed by atoms with van der Waals surface area (Å²) in [6.45, 7) is 6.96.